The summed E-state index contributed by atoms with van der Waals surface area (Å²) in [5.74, 6) is 0.548. The van der Waals surface area contributed by atoms with Crippen LogP contribution in [0.5, 0.6) is 0 Å². The van der Waals surface area contributed by atoms with Gasteiger partial charge in [-0.15, -0.1) is 0 Å². The third-order valence-electron chi connectivity index (χ3n) is 1.62. The summed E-state index contributed by atoms with van der Waals surface area (Å²) >= 11 is 0. The third-order valence-corrected chi connectivity index (χ3v) is 1.62. The van der Waals surface area contributed by atoms with E-state index < -0.39 is 0 Å². The van der Waals surface area contributed by atoms with E-state index in [0.29, 0.717) is 12.2 Å². The average molecular weight is 157 g/mol. The van der Waals surface area contributed by atoms with Crippen molar-refractivity contribution >= 4 is 5.78 Å². The molecule has 0 aliphatic heterocycles. The van der Waals surface area contributed by atoms with Crippen LogP contribution >= 0.6 is 0 Å². The molecular formula is C9H19NO. The molecule has 0 heterocycles. The first-order chi connectivity index (χ1) is 5.18. The van der Waals surface area contributed by atoms with Crippen LogP contribution in [-0.4, -0.2) is 18.9 Å². The van der Waals surface area contributed by atoms with Crippen LogP contribution < -0.4 is 5.32 Å². The van der Waals surface area contributed by atoms with E-state index in [1.54, 1.807) is 0 Å². The highest BCUT2D eigenvalue weighted by molar-refractivity contribution is 5.80. The molecule has 0 rings (SSSR count). The summed E-state index contributed by atoms with van der Waals surface area (Å²) in [6.07, 6.45) is 1.81. The van der Waals surface area contributed by atoms with Crippen molar-refractivity contribution in [2.45, 2.75) is 33.6 Å². The maximum Gasteiger partial charge on any atom is 0.136 e. The van der Waals surface area contributed by atoms with Gasteiger partial charge in [0, 0.05) is 18.9 Å². The van der Waals surface area contributed by atoms with Gasteiger partial charge in [-0.2, -0.15) is 0 Å². The minimum atomic E-state index is 0.193. The number of nitrogens with one attached hydrogen (secondary N) is 1. The maximum absolute atomic E-state index is 11.1. The van der Waals surface area contributed by atoms with Crippen LogP contribution in [-0.2, 0) is 4.79 Å². The normalized spacial score (nSPS) is 10.5. The summed E-state index contributed by atoms with van der Waals surface area (Å²) in [5, 5.41) is 3.20. The van der Waals surface area contributed by atoms with Gasteiger partial charge in [-0.05, 0) is 13.0 Å². The molecule has 66 valence electrons. The Hall–Kier alpha value is -0.370. The largest absolute Gasteiger partial charge is 0.316 e. The minimum Gasteiger partial charge on any atom is -0.316 e. The molecular weight excluding hydrogens is 138 g/mol. The van der Waals surface area contributed by atoms with E-state index in [1.807, 2.05) is 13.8 Å². The smallest absolute Gasteiger partial charge is 0.136 e. The molecule has 0 bridgehead atoms. The van der Waals surface area contributed by atoms with Crippen molar-refractivity contribution in [3.8, 4) is 0 Å². The van der Waals surface area contributed by atoms with Crippen LogP contribution in [0, 0.1) is 5.92 Å². The molecule has 11 heavy (non-hydrogen) atoms. The zero-order chi connectivity index (χ0) is 8.69. The Morgan fingerprint density at radius 3 is 2.45 bits per heavy atom. The number of carbonyl (C=O) groups excluding carboxylic acids is 1. The topological polar surface area (TPSA) is 29.1 Å². The summed E-state index contributed by atoms with van der Waals surface area (Å²) in [7, 11) is 0. The molecule has 0 saturated heterocycles. The van der Waals surface area contributed by atoms with Crippen LogP contribution in [0.3, 0.4) is 0 Å². The molecule has 0 aromatic rings. The van der Waals surface area contributed by atoms with E-state index in [-0.39, 0.29) is 5.92 Å². The Kier molecular flexibility index (Phi) is 6.13. The summed E-state index contributed by atoms with van der Waals surface area (Å²) in [6.45, 7) is 7.87. The molecule has 2 heteroatoms. The van der Waals surface area contributed by atoms with Crippen LogP contribution in [0.2, 0.25) is 0 Å². The lowest BCUT2D eigenvalue weighted by atomic mass is 10.1. The molecule has 0 atom stereocenters. The van der Waals surface area contributed by atoms with Crippen LogP contribution in [0.15, 0.2) is 0 Å². The standard InChI is InChI=1S/C9H19NO/c1-4-6-10-7-5-9(11)8(2)3/h8,10H,4-7H2,1-3H3. The Balaban J connectivity index is 3.18. The monoisotopic (exact) mass is 157 g/mol. The molecule has 0 fully saturated rings. The number of hydrogen-bond acceptors (Lipinski definition) is 2. The second-order valence-corrected chi connectivity index (χ2v) is 3.12. The molecule has 0 aromatic carbocycles. The Labute approximate surface area is 69.4 Å². The Bertz CT molecular complexity index is 110. The quantitative estimate of drug-likeness (QED) is 0.593. The Morgan fingerprint density at radius 2 is 2.00 bits per heavy atom. The van der Waals surface area contributed by atoms with Gasteiger partial charge >= 0.3 is 0 Å². The first-order valence-electron chi connectivity index (χ1n) is 4.42. The zero-order valence-electron chi connectivity index (χ0n) is 7.81. The first kappa shape index (κ1) is 10.6. The molecule has 0 aliphatic carbocycles. The molecule has 0 saturated carbocycles. The van der Waals surface area contributed by atoms with Gasteiger partial charge in [0.25, 0.3) is 0 Å². The van der Waals surface area contributed by atoms with Gasteiger partial charge in [-0.1, -0.05) is 20.8 Å². The number of carbonyl (C=O) groups is 1. The lowest BCUT2D eigenvalue weighted by Gasteiger charge is -2.04. The molecule has 0 amide bonds. The summed E-state index contributed by atoms with van der Waals surface area (Å²) in [4.78, 5) is 11.1. The predicted octanol–water partition coefficient (Wildman–Crippen LogP) is 1.60. The first-order valence-corrected chi connectivity index (χ1v) is 4.42. The lowest BCUT2D eigenvalue weighted by molar-refractivity contribution is -0.121. The fourth-order valence-corrected chi connectivity index (χ4v) is 0.802. The molecule has 0 aliphatic rings. The van der Waals surface area contributed by atoms with Gasteiger partial charge in [-0.3, -0.25) is 4.79 Å². The van der Waals surface area contributed by atoms with E-state index in [4.69, 9.17) is 0 Å². The van der Waals surface area contributed by atoms with Crippen molar-refractivity contribution in [2.75, 3.05) is 13.1 Å². The fraction of sp³-hybridized carbons (Fsp3) is 0.889. The number of Topliss-reactive ketones (excluding diaryl/α,β-unsaturated/α-hetero) is 1. The van der Waals surface area contributed by atoms with Crippen molar-refractivity contribution in [1.82, 2.24) is 5.32 Å². The van der Waals surface area contributed by atoms with Crippen molar-refractivity contribution in [2.24, 2.45) is 5.92 Å². The zero-order valence-corrected chi connectivity index (χ0v) is 7.81. The second kappa shape index (κ2) is 6.35. The average Bonchev–Trinajstić information content (AvgIpc) is 1.97. The third kappa shape index (κ3) is 6.05. The van der Waals surface area contributed by atoms with Crippen LogP contribution in [0.4, 0.5) is 0 Å². The predicted molar refractivity (Wildman–Crippen MR) is 47.6 cm³/mol. The molecule has 0 aromatic heterocycles. The number of rotatable bonds is 6. The molecule has 1 N–H and O–H groups in total. The lowest BCUT2D eigenvalue weighted by Crippen LogP contribution is -2.20. The van der Waals surface area contributed by atoms with Crippen molar-refractivity contribution < 1.29 is 4.79 Å². The highest BCUT2D eigenvalue weighted by Gasteiger charge is 2.04. The summed E-state index contributed by atoms with van der Waals surface area (Å²) in [6, 6.07) is 0. The highest BCUT2D eigenvalue weighted by Crippen LogP contribution is 1.96. The number of ketones is 1. The van der Waals surface area contributed by atoms with E-state index in [9.17, 15) is 4.79 Å². The maximum atomic E-state index is 11.1. The summed E-state index contributed by atoms with van der Waals surface area (Å²) < 4.78 is 0. The molecule has 2 nitrogen and oxygen atoms in total. The highest BCUT2D eigenvalue weighted by atomic mass is 16.1. The van der Waals surface area contributed by atoms with Gasteiger partial charge in [0.15, 0.2) is 0 Å². The van der Waals surface area contributed by atoms with Gasteiger partial charge in [0.1, 0.15) is 5.78 Å². The fourth-order valence-electron chi connectivity index (χ4n) is 0.802. The molecule has 0 radical (unpaired) electrons. The minimum absolute atomic E-state index is 0.193. The van der Waals surface area contributed by atoms with Crippen molar-refractivity contribution in [3.63, 3.8) is 0 Å². The van der Waals surface area contributed by atoms with Crippen LogP contribution in [0.25, 0.3) is 0 Å². The van der Waals surface area contributed by atoms with E-state index in [2.05, 4.69) is 12.2 Å². The van der Waals surface area contributed by atoms with E-state index in [0.717, 1.165) is 19.5 Å². The summed E-state index contributed by atoms with van der Waals surface area (Å²) in [5.41, 5.74) is 0. The number of hydrogen-bond donors (Lipinski definition) is 1. The van der Waals surface area contributed by atoms with Gasteiger partial charge in [0.2, 0.25) is 0 Å². The van der Waals surface area contributed by atoms with Crippen molar-refractivity contribution in [3.05, 3.63) is 0 Å². The van der Waals surface area contributed by atoms with Gasteiger partial charge < -0.3 is 5.32 Å². The van der Waals surface area contributed by atoms with Crippen molar-refractivity contribution in [1.29, 1.82) is 0 Å². The Morgan fingerprint density at radius 1 is 1.36 bits per heavy atom. The van der Waals surface area contributed by atoms with Gasteiger partial charge in [-0.25, -0.2) is 0 Å². The van der Waals surface area contributed by atoms with E-state index in [1.165, 1.54) is 0 Å². The van der Waals surface area contributed by atoms with Crippen LogP contribution in [0.1, 0.15) is 33.6 Å². The molecule has 0 spiro atoms. The SMILES string of the molecule is CCCNCCC(=O)C(C)C. The molecule has 0 unspecified atom stereocenters. The second-order valence-electron chi connectivity index (χ2n) is 3.12. The van der Waals surface area contributed by atoms with E-state index >= 15 is 0 Å². The van der Waals surface area contributed by atoms with Gasteiger partial charge in [0.05, 0.1) is 0 Å².